The Labute approximate surface area is 139 Å². The van der Waals surface area contributed by atoms with Gasteiger partial charge >= 0.3 is 17.8 Å². The SMILES string of the molecule is CCN1CCN(CC(=O)Nc2ccc(C(=O)OC)cc2)C(=O)C1=O. The van der Waals surface area contributed by atoms with Crippen LogP contribution in [0.5, 0.6) is 0 Å². The number of amides is 3. The molecule has 1 fully saturated rings. The number of carbonyl (C=O) groups excluding carboxylic acids is 4. The summed E-state index contributed by atoms with van der Waals surface area (Å²) in [7, 11) is 1.29. The number of carbonyl (C=O) groups is 4. The Morgan fingerprint density at radius 3 is 2.25 bits per heavy atom. The molecular weight excluding hydrogens is 314 g/mol. The number of hydrogen-bond donors (Lipinski definition) is 1. The number of nitrogens with zero attached hydrogens (tertiary/aromatic N) is 2. The first-order valence-electron chi connectivity index (χ1n) is 7.52. The van der Waals surface area contributed by atoms with Crippen molar-refractivity contribution in [3.8, 4) is 0 Å². The second-order valence-electron chi connectivity index (χ2n) is 5.23. The summed E-state index contributed by atoms with van der Waals surface area (Å²) in [6.45, 7) is 2.82. The molecule has 8 nitrogen and oxygen atoms in total. The van der Waals surface area contributed by atoms with Crippen molar-refractivity contribution in [1.82, 2.24) is 9.80 Å². The zero-order valence-electron chi connectivity index (χ0n) is 13.6. The van der Waals surface area contributed by atoms with Crippen LogP contribution in [0.15, 0.2) is 24.3 Å². The van der Waals surface area contributed by atoms with E-state index in [-0.39, 0.29) is 6.54 Å². The highest BCUT2D eigenvalue weighted by Gasteiger charge is 2.32. The molecular formula is C16H19N3O5. The minimum absolute atomic E-state index is 0.194. The van der Waals surface area contributed by atoms with E-state index >= 15 is 0 Å². The molecule has 0 saturated carbocycles. The topological polar surface area (TPSA) is 96.0 Å². The number of esters is 1. The fourth-order valence-corrected chi connectivity index (χ4v) is 2.35. The maximum absolute atomic E-state index is 12.0. The minimum atomic E-state index is -0.667. The Morgan fingerprint density at radius 2 is 1.67 bits per heavy atom. The number of likely N-dealkylation sites (N-methyl/N-ethyl adjacent to an activating group) is 1. The second-order valence-corrected chi connectivity index (χ2v) is 5.23. The molecule has 0 spiro atoms. The third kappa shape index (κ3) is 3.89. The summed E-state index contributed by atoms with van der Waals surface area (Å²) >= 11 is 0. The number of rotatable bonds is 5. The predicted molar refractivity (Wildman–Crippen MR) is 85.2 cm³/mol. The third-order valence-corrected chi connectivity index (χ3v) is 3.70. The van der Waals surface area contributed by atoms with Crippen LogP contribution < -0.4 is 5.32 Å². The van der Waals surface area contributed by atoms with E-state index in [1.54, 1.807) is 19.1 Å². The lowest BCUT2D eigenvalue weighted by atomic mass is 10.2. The number of methoxy groups -OCH3 is 1. The van der Waals surface area contributed by atoms with E-state index in [0.29, 0.717) is 30.9 Å². The molecule has 8 heteroatoms. The lowest BCUT2D eigenvalue weighted by molar-refractivity contribution is -0.156. The molecule has 0 atom stereocenters. The summed E-state index contributed by atoms with van der Waals surface area (Å²) in [5.74, 6) is -2.13. The average Bonchev–Trinajstić information content (AvgIpc) is 2.59. The Morgan fingerprint density at radius 1 is 1.08 bits per heavy atom. The fourth-order valence-electron chi connectivity index (χ4n) is 2.35. The first kappa shape index (κ1) is 17.5. The van der Waals surface area contributed by atoms with Crippen molar-refractivity contribution in [3.63, 3.8) is 0 Å². The number of nitrogens with one attached hydrogen (secondary N) is 1. The van der Waals surface area contributed by atoms with Crippen LogP contribution in [0.2, 0.25) is 0 Å². The van der Waals surface area contributed by atoms with E-state index in [1.165, 1.54) is 29.0 Å². The molecule has 0 bridgehead atoms. The summed E-state index contributed by atoms with van der Waals surface area (Å²) in [5, 5.41) is 2.62. The van der Waals surface area contributed by atoms with Gasteiger partial charge in [0.2, 0.25) is 5.91 Å². The molecule has 1 aliphatic heterocycles. The zero-order valence-corrected chi connectivity index (χ0v) is 13.6. The van der Waals surface area contributed by atoms with Crippen molar-refractivity contribution in [1.29, 1.82) is 0 Å². The van der Waals surface area contributed by atoms with Crippen LogP contribution in [-0.2, 0) is 19.1 Å². The van der Waals surface area contributed by atoms with Gasteiger partial charge in [-0.05, 0) is 31.2 Å². The van der Waals surface area contributed by atoms with Gasteiger partial charge in [0.25, 0.3) is 0 Å². The van der Waals surface area contributed by atoms with E-state index in [2.05, 4.69) is 10.1 Å². The third-order valence-electron chi connectivity index (χ3n) is 3.70. The highest BCUT2D eigenvalue weighted by Crippen LogP contribution is 2.11. The molecule has 2 rings (SSSR count). The highest BCUT2D eigenvalue weighted by molar-refractivity contribution is 6.35. The fraction of sp³-hybridized carbons (Fsp3) is 0.375. The molecule has 1 N–H and O–H groups in total. The van der Waals surface area contributed by atoms with Crippen LogP contribution in [0.25, 0.3) is 0 Å². The van der Waals surface area contributed by atoms with Gasteiger partial charge in [0.15, 0.2) is 0 Å². The van der Waals surface area contributed by atoms with Gasteiger partial charge < -0.3 is 19.9 Å². The van der Waals surface area contributed by atoms with Gasteiger partial charge in [-0.3, -0.25) is 14.4 Å². The number of anilines is 1. The summed E-state index contributed by atoms with van der Waals surface area (Å²) in [4.78, 5) is 49.8. The molecule has 1 saturated heterocycles. The van der Waals surface area contributed by atoms with Crippen LogP contribution in [-0.4, -0.2) is 66.8 Å². The summed E-state index contributed by atoms with van der Waals surface area (Å²) in [6, 6.07) is 6.17. The van der Waals surface area contributed by atoms with Gasteiger partial charge in [-0.25, -0.2) is 4.79 Å². The maximum Gasteiger partial charge on any atom is 0.337 e. The first-order valence-corrected chi connectivity index (χ1v) is 7.52. The lowest BCUT2D eigenvalue weighted by Gasteiger charge is -2.32. The van der Waals surface area contributed by atoms with Gasteiger partial charge in [0, 0.05) is 25.3 Å². The zero-order chi connectivity index (χ0) is 17.7. The summed E-state index contributed by atoms with van der Waals surface area (Å²) in [6.07, 6.45) is 0. The quantitative estimate of drug-likeness (QED) is 0.609. The van der Waals surface area contributed by atoms with Crippen LogP contribution >= 0.6 is 0 Å². The Hall–Kier alpha value is -2.90. The molecule has 0 aliphatic carbocycles. The molecule has 0 radical (unpaired) electrons. The molecule has 1 aromatic carbocycles. The largest absolute Gasteiger partial charge is 0.465 e. The van der Waals surface area contributed by atoms with Crippen molar-refractivity contribution >= 4 is 29.4 Å². The smallest absolute Gasteiger partial charge is 0.337 e. The van der Waals surface area contributed by atoms with Crippen molar-refractivity contribution in [2.75, 3.05) is 38.6 Å². The average molecular weight is 333 g/mol. The van der Waals surface area contributed by atoms with Crippen molar-refractivity contribution < 1.29 is 23.9 Å². The predicted octanol–water partition coefficient (Wildman–Crippen LogP) is 0.102. The van der Waals surface area contributed by atoms with Gasteiger partial charge in [-0.1, -0.05) is 0 Å². The molecule has 3 amide bonds. The van der Waals surface area contributed by atoms with Crippen LogP contribution in [0.3, 0.4) is 0 Å². The Bertz CT molecular complexity index is 656. The molecule has 1 heterocycles. The van der Waals surface area contributed by atoms with Crippen molar-refractivity contribution in [3.05, 3.63) is 29.8 Å². The molecule has 1 aliphatic rings. The number of piperazine rings is 1. The standard InChI is InChI=1S/C16H19N3O5/c1-3-18-8-9-19(15(22)14(18)21)10-13(20)17-12-6-4-11(5-7-12)16(23)24-2/h4-7H,3,8-10H2,1-2H3,(H,17,20). The normalized spacial score (nSPS) is 14.6. The van der Waals surface area contributed by atoms with E-state index in [0.717, 1.165) is 0 Å². The molecule has 1 aromatic rings. The van der Waals surface area contributed by atoms with Gasteiger partial charge in [-0.2, -0.15) is 0 Å². The molecule has 0 aromatic heterocycles. The maximum atomic E-state index is 12.0. The first-order chi connectivity index (χ1) is 11.5. The summed E-state index contributed by atoms with van der Waals surface area (Å²) < 4.78 is 4.59. The Kier molecular flexibility index (Phi) is 5.51. The number of hydrogen-bond acceptors (Lipinski definition) is 5. The van der Waals surface area contributed by atoms with Crippen LogP contribution in [0.1, 0.15) is 17.3 Å². The van der Waals surface area contributed by atoms with Gasteiger partial charge in [0.05, 0.1) is 12.7 Å². The van der Waals surface area contributed by atoms with Crippen molar-refractivity contribution in [2.24, 2.45) is 0 Å². The lowest BCUT2D eigenvalue weighted by Crippen LogP contribution is -2.55. The summed E-state index contributed by atoms with van der Waals surface area (Å²) in [5.41, 5.74) is 0.852. The minimum Gasteiger partial charge on any atom is -0.465 e. The van der Waals surface area contributed by atoms with E-state index in [9.17, 15) is 19.2 Å². The van der Waals surface area contributed by atoms with Gasteiger partial charge in [-0.15, -0.1) is 0 Å². The second kappa shape index (κ2) is 7.58. The highest BCUT2D eigenvalue weighted by atomic mass is 16.5. The molecule has 0 unspecified atom stereocenters. The number of benzene rings is 1. The van der Waals surface area contributed by atoms with E-state index in [4.69, 9.17) is 0 Å². The van der Waals surface area contributed by atoms with Gasteiger partial charge in [0.1, 0.15) is 6.54 Å². The molecule has 24 heavy (non-hydrogen) atoms. The Balaban J connectivity index is 1.92. The van der Waals surface area contributed by atoms with E-state index in [1.807, 2.05) is 0 Å². The number of ether oxygens (including phenoxy) is 1. The van der Waals surface area contributed by atoms with E-state index < -0.39 is 23.7 Å². The van der Waals surface area contributed by atoms with Crippen LogP contribution in [0, 0.1) is 0 Å². The van der Waals surface area contributed by atoms with Crippen molar-refractivity contribution in [2.45, 2.75) is 6.92 Å². The monoisotopic (exact) mass is 333 g/mol. The van der Waals surface area contributed by atoms with Crippen LogP contribution in [0.4, 0.5) is 5.69 Å². The molecule has 128 valence electrons.